The highest BCUT2D eigenvalue weighted by Crippen LogP contribution is 2.25. The normalized spacial score (nSPS) is 17.1. The molecule has 10 heteroatoms. The molecule has 0 fully saturated rings. The molecule has 0 spiro atoms. The summed E-state index contributed by atoms with van der Waals surface area (Å²) in [6, 6.07) is 0. The van der Waals surface area contributed by atoms with Crippen LogP contribution in [0.2, 0.25) is 0 Å². The first kappa shape index (κ1) is 30.7. The summed E-state index contributed by atoms with van der Waals surface area (Å²) in [6.07, 6.45) is 7.14. The van der Waals surface area contributed by atoms with Crippen LogP contribution >= 0.6 is 0 Å². The van der Waals surface area contributed by atoms with Crippen LogP contribution in [0.1, 0.15) is 90.9 Å². The average molecular weight is 503 g/mol. The van der Waals surface area contributed by atoms with Crippen LogP contribution in [0.3, 0.4) is 0 Å². The molecule has 1 unspecified atom stereocenters. The lowest BCUT2D eigenvalue weighted by Gasteiger charge is -2.21. The van der Waals surface area contributed by atoms with Crippen LogP contribution < -0.4 is 0 Å². The fraction of sp³-hybridized carbons (Fsp3) is 0.800. The van der Waals surface area contributed by atoms with Crippen LogP contribution in [0.15, 0.2) is 11.5 Å². The van der Waals surface area contributed by atoms with Gasteiger partial charge in [-0.15, -0.1) is 0 Å². The van der Waals surface area contributed by atoms with Crippen molar-refractivity contribution in [3.63, 3.8) is 0 Å². The third kappa shape index (κ3) is 12.8. The van der Waals surface area contributed by atoms with E-state index in [2.05, 4.69) is 6.92 Å². The van der Waals surface area contributed by atoms with Gasteiger partial charge in [-0.2, -0.15) is 0 Å². The summed E-state index contributed by atoms with van der Waals surface area (Å²) in [5.74, 6) is -3.27. The molecular formula is C25H42O10. The van der Waals surface area contributed by atoms with Crippen LogP contribution in [0.25, 0.3) is 0 Å². The molecular weight excluding hydrogens is 460 g/mol. The van der Waals surface area contributed by atoms with Crippen molar-refractivity contribution in [2.24, 2.45) is 0 Å². The van der Waals surface area contributed by atoms with Crippen molar-refractivity contribution in [1.82, 2.24) is 0 Å². The lowest BCUT2D eigenvalue weighted by atomic mass is 10.1. The second kappa shape index (κ2) is 18.0. The van der Waals surface area contributed by atoms with Crippen molar-refractivity contribution < 1.29 is 48.7 Å². The molecule has 0 bridgehead atoms. The number of rotatable bonds is 20. The van der Waals surface area contributed by atoms with Crippen LogP contribution in [0.5, 0.6) is 0 Å². The molecule has 3 atom stereocenters. The SMILES string of the molecule is CCCCCCCCCCCC(=O)OCC(O)COC1=C(O)C(=O)O[C@@H]1[C@@H](O)COC(=O)CCC. The van der Waals surface area contributed by atoms with E-state index >= 15 is 0 Å². The Labute approximate surface area is 207 Å². The van der Waals surface area contributed by atoms with Gasteiger partial charge in [-0.3, -0.25) is 9.59 Å². The van der Waals surface area contributed by atoms with Gasteiger partial charge < -0.3 is 34.3 Å². The van der Waals surface area contributed by atoms with Crippen molar-refractivity contribution in [3.8, 4) is 0 Å². The van der Waals surface area contributed by atoms with E-state index in [0.717, 1.165) is 19.3 Å². The van der Waals surface area contributed by atoms with Gasteiger partial charge in [0.1, 0.15) is 32.0 Å². The summed E-state index contributed by atoms with van der Waals surface area (Å²) in [5, 5.41) is 30.1. The first-order chi connectivity index (χ1) is 16.8. The van der Waals surface area contributed by atoms with Crippen molar-refractivity contribution in [2.45, 2.75) is 109 Å². The molecule has 0 aliphatic carbocycles. The minimum absolute atomic E-state index is 0.172. The standard InChI is InChI=1S/C25H42O10/c1-3-5-6-7-8-9-10-11-12-14-21(29)32-15-18(26)16-34-24-22(30)25(31)35-23(24)19(27)17-33-20(28)13-4-2/h18-19,23,26-27,30H,3-17H2,1-2H3/t18?,19-,23+/m0/s1. The van der Waals surface area contributed by atoms with Gasteiger partial charge in [0.05, 0.1) is 0 Å². The zero-order valence-corrected chi connectivity index (χ0v) is 21.0. The Morgan fingerprint density at radius 2 is 1.40 bits per heavy atom. The average Bonchev–Trinajstić information content (AvgIpc) is 3.12. The lowest BCUT2D eigenvalue weighted by Crippen LogP contribution is -2.35. The quantitative estimate of drug-likeness (QED) is 0.129. The maximum Gasteiger partial charge on any atom is 0.378 e. The van der Waals surface area contributed by atoms with Gasteiger partial charge in [-0.25, -0.2) is 4.79 Å². The number of carbonyl (C=O) groups excluding carboxylic acids is 3. The van der Waals surface area contributed by atoms with Crippen molar-refractivity contribution in [1.29, 1.82) is 0 Å². The Balaban J connectivity index is 2.27. The van der Waals surface area contributed by atoms with Crippen LogP contribution in [-0.4, -0.2) is 71.4 Å². The van der Waals surface area contributed by atoms with Gasteiger partial charge >= 0.3 is 17.9 Å². The van der Waals surface area contributed by atoms with E-state index in [1.165, 1.54) is 38.5 Å². The highest BCUT2D eigenvalue weighted by molar-refractivity contribution is 5.89. The van der Waals surface area contributed by atoms with Gasteiger partial charge in [-0.1, -0.05) is 65.2 Å². The predicted octanol–water partition coefficient (Wildman–Crippen LogP) is 3.23. The number of carbonyl (C=O) groups is 3. The first-order valence-corrected chi connectivity index (χ1v) is 12.7. The van der Waals surface area contributed by atoms with E-state index in [1.807, 2.05) is 0 Å². The van der Waals surface area contributed by atoms with Gasteiger partial charge in [0.25, 0.3) is 0 Å². The molecule has 1 aliphatic rings. The number of hydrogen-bond donors (Lipinski definition) is 3. The predicted molar refractivity (Wildman–Crippen MR) is 126 cm³/mol. The molecule has 0 radical (unpaired) electrons. The zero-order valence-electron chi connectivity index (χ0n) is 21.0. The van der Waals surface area contributed by atoms with Gasteiger partial charge in [0.15, 0.2) is 11.9 Å². The lowest BCUT2D eigenvalue weighted by molar-refractivity contribution is -0.155. The molecule has 10 nitrogen and oxygen atoms in total. The summed E-state index contributed by atoms with van der Waals surface area (Å²) in [7, 11) is 0. The van der Waals surface area contributed by atoms with Crippen molar-refractivity contribution in [2.75, 3.05) is 19.8 Å². The summed E-state index contributed by atoms with van der Waals surface area (Å²) in [5.41, 5.74) is 0. The molecule has 1 rings (SSSR count). The van der Waals surface area contributed by atoms with Gasteiger partial charge in [-0.05, 0) is 12.8 Å². The molecule has 3 N–H and O–H groups in total. The number of hydrogen-bond acceptors (Lipinski definition) is 10. The second-order valence-corrected chi connectivity index (χ2v) is 8.77. The minimum Gasteiger partial charge on any atom is -0.499 e. The summed E-state index contributed by atoms with van der Waals surface area (Å²) >= 11 is 0. The monoisotopic (exact) mass is 502 g/mol. The number of aliphatic hydroxyl groups is 3. The van der Waals surface area contributed by atoms with E-state index in [0.29, 0.717) is 6.42 Å². The topological polar surface area (TPSA) is 149 Å². The van der Waals surface area contributed by atoms with Gasteiger partial charge in [0.2, 0.25) is 5.76 Å². The second-order valence-electron chi connectivity index (χ2n) is 8.77. The minimum atomic E-state index is -1.47. The summed E-state index contributed by atoms with van der Waals surface area (Å²) in [6.45, 7) is 2.79. The highest BCUT2D eigenvalue weighted by atomic mass is 16.6. The molecule has 0 saturated carbocycles. The molecule has 1 aliphatic heterocycles. The first-order valence-electron chi connectivity index (χ1n) is 12.7. The fourth-order valence-corrected chi connectivity index (χ4v) is 3.48. The molecule has 35 heavy (non-hydrogen) atoms. The van der Waals surface area contributed by atoms with Crippen LogP contribution in [0, 0.1) is 0 Å². The highest BCUT2D eigenvalue weighted by Gasteiger charge is 2.41. The third-order valence-electron chi connectivity index (χ3n) is 5.49. The maximum absolute atomic E-state index is 11.9. The van der Waals surface area contributed by atoms with Crippen LogP contribution in [0.4, 0.5) is 0 Å². The van der Waals surface area contributed by atoms with Gasteiger partial charge in [0, 0.05) is 12.8 Å². The van der Waals surface area contributed by atoms with Crippen molar-refractivity contribution in [3.05, 3.63) is 11.5 Å². The number of unbranched alkanes of at least 4 members (excludes halogenated alkanes) is 8. The molecule has 202 valence electrons. The molecule has 0 aromatic heterocycles. The number of esters is 3. The maximum atomic E-state index is 11.9. The molecule has 0 aromatic rings. The summed E-state index contributed by atoms with van der Waals surface area (Å²) in [4.78, 5) is 35.0. The van der Waals surface area contributed by atoms with E-state index in [4.69, 9.17) is 18.9 Å². The fourth-order valence-electron chi connectivity index (χ4n) is 3.48. The van der Waals surface area contributed by atoms with E-state index in [1.54, 1.807) is 6.92 Å². The van der Waals surface area contributed by atoms with Crippen molar-refractivity contribution >= 4 is 17.9 Å². The van der Waals surface area contributed by atoms with E-state index < -0.39 is 55.2 Å². The summed E-state index contributed by atoms with van der Waals surface area (Å²) < 4.78 is 20.1. The number of aliphatic hydroxyl groups excluding tert-OH is 3. The molecule has 0 amide bonds. The largest absolute Gasteiger partial charge is 0.499 e. The third-order valence-corrected chi connectivity index (χ3v) is 5.49. The Morgan fingerprint density at radius 3 is 2.03 bits per heavy atom. The van der Waals surface area contributed by atoms with Crippen LogP contribution in [-0.2, 0) is 33.3 Å². The number of cyclic esters (lactones) is 1. The van der Waals surface area contributed by atoms with E-state index in [-0.39, 0.29) is 25.2 Å². The Bertz CT molecular complexity index is 675. The number of ether oxygens (including phenoxy) is 4. The Hall–Kier alpha value is -2.33. The molecule has 0 aromatic carbocycles. The zero-order chi connectivity index (χ0) is 26.1. The smallest absolute Gasteiger partial charge is 0.378 e. The molecule has 1 heterocycles. The van der Waals surface area contributed by atoms with E-state index in [9.17, 15) is 29.7 Å². The Kier molecular flexibility index (Phi) is 15.8. The Morgan fingerprint density at radius 1 is 0.829 bits per heavy atom. The molecule has 0 saturated heterocycles.